The van der Waals surface area contributed by atoms with Gasteiger partial charge < -0.3 is 20.3 Å². The lowest BCUT2D eigenvalue weighted by atomic mass is 10.2. The van der Waals surface area contributed by atoms with Gasteiger partial charge in [0.1, 0.15) is 0 Å². The van der Waals surface area contributed by atoms with Crippen molar-refractivity contribution in [2.45, 2.75) is 25.4 Å². The van der Waals surface area contributed by atoms with Gasteiger partial charge in [-0.1, -0.05) is 0 Å². The highest BCUT2D eigenvalue weighted by Crippen LogP contribution is 1.98. The zero-order valence-corrected chi connectivity index (χ0v) is 10.5. The van der Waals surface area contributed by atoms with E-state index in [-0.39, 0.29) is 18.0 Å². The van der Waals surface area contributed by atoms with E-state index in [1.807, 2.05) is 21.0 Å². The Hall–Kier alpha value is -0.650. The van der Waals surface area contributed by atoms with Crippen molar-refractivity contribution in [1.82, 2.24) is 15.5 Å². The van der Waals surface area contributed by atoms with Crippen LogP contribution in [0.5, 0.6) is 0 Å². The van der Waals surface area contributed by atoms with Gasteiger partial charge in [0.15, 0.2) is 0 Å². The molecular formula is C11H23N3O2. The van der Waals surface area contributed by atoms with Crippen LogP contribution in [0.4, 0.5) is 0 Å². The third-order valence-electron chi connectivity index (χ3n) is 2.48. The molecule has 1 heterocycles. The first-order valence-electron chi connectivity index (χ1n) is 5.83. The van der Waals surface area contributed by atoms with Crippen molar-refractivity contribution in [2.75, 3.05) is 40.4 Å². The molecule has 2 unspecified atom stereocenters. The fourth-order valence-corrected chi connectivity index (χ4v) is 1.90. The summed E-state index contributed by atoms with van der Waals surface area (Å²) in [4.78, 5) is 13.7. The van der Waals surface area contributed by atoms with E-state index in [2.05, 4.69) is 15.5 Å². The molecule has 1 aliphatic heterocycles. The summed E-state index contributed by atoms with van der Waals surface area (Å²) in [5, 5.41) is 6.25. The fraction of sp³-hybridized carbons (Fsp3) is 0.909. The number of nitrogens with zero attached hydrogens (tertiary/aromatic N) is 1. The first kappa shape index (κ1) is 13.4. The summed E-state index contributed by atoms with van der Waals surface area (Å²) in [5.41, 5.74) is 0. The Morgan fingerprint density at radius 3 is 2.94 bits per heavy atom. The van der Waals surface area contributed by atoms with Crippen molar-refractivity contribution in [3.63, 3.8) is 0 Å². The quantitative estimate of drug-likeness (QED) is 0.663. The molecule has 1 aliphatic rings. The van der Waals surface area contributed by atoms with E-state index in [0.717, 1.165) is 19.7 Å². The van der Waals surface area contributed by atoms with Crippen LogP contribution < -0.4 is 10.6 Å². The summed E-state index contributed by atoms with van der Waals surface area (Å²) in [7, 11) is 4.00. The van der Waals surface area contributed by atoms with Crippen LogP contribution >= 0.6 is 0 Å². The number of likely N-dealkylation sites (N-methyl/N-ethyl adjacent to an activating group) is 1. The van der Waals surface area contributed by atoms with E-state index in [1.165, 1.54) is 0 Å². The monoisotopic (exact) mass is 229 g/mol. The highest BCUT2D eigenvalue weighted by Gasteiger charge is 2.17. The van der Waals surface area contributed by atoms with Gasteiger partial charge in [-0.2, -0.15) is 0 Å². The molecule has 2 atom stereocenters. The van der Waals surface area contributed by atoms with Crippen molar-refractivity contribution in [3.05, 3.63) is 0 Å². The molecule has 5 heteroatoms. The minimum Gasteiger partial charge on any atom is -0.378 e. The molecule has 1 fully saturated rings. The van der Waals surface area contributed by atoms with Crippen LogP contribution in [-0.4, -0.2) is 63.3 Å². The first-order chi connectivity index (χ1) is 7.58. The predicted octanol–water partition coefficient (Wildman–Crippen LogP) is -0.569. The number of rotatable bonds is 5. The van der Waals surface area contributed by atoms with Crippen LogP contribution in [0.1, 0.15) is 13.3 Å². The largest absolute Gasteiger partial charge is 0.378 e. The van der Waals surface area contributed by atoms with Crippen molar-refractivity contribution in [3.8, 4) is 0 Å². The number of carbonyl (C=O) groups excluding carboxylic acids is 1. The number of amides is 1. The molecule has 2 N–H and O–H groups in total. The van der Waals surface area contributed by atoms with E-state index in [4.69, 9.17) is 4.74 Å². The molecule has 1 rings (SSSR count). The summed E-state index contributed by atoms with van der Waals surface area (Å²) < 4.78 is 5.30. The van der Waals surface area contributed by atoms with E-state index >= 15 is 0 Å². The van der Waals surface area contributed by atoms with Crippen LogP contribution in [0.2, 0.25) is 0 Å². The number of hydrogen-bond acceptors (Lipinski definition) is 4. The lowest BCUT2D eigenvalue weighted by Crippen LogP contribution is -2.46. The molecule has 16 heavy (non-hydrogen) atoms. The molecular weight excluding hydrogens is 206 g/mol. The maximum atomic E-state index is 11.7. The predicted molar refractivity (Wildman–Crippen MR) is 63.4 cm³/mol. The van der Waals surface area contributed by atoms with Gasteiger partial charge in [-0.15, -0.1) is 0 Å². The first-order valence-corrected chi connectivity index (χ1v) is 5.83. The molecule has 0 aliphatic carbocycles. The molecule has 0 bridgehead atoms. The standard InChI is InChI=1S/C11H23N3O2/c1-9(7-14(2)3)13-11(15)6-10-8-16-5-4-12-10/h9-10,12H,4-8H2,1-3H3,(H,13,15). The van der Waals surface area contributed by atoms with Crippen molar-refractivity contribution in [2.24, 2.45) is 0 Å². The van der Waals surface area contributed by atoms with Crippen LogP contribution in [0, 0.1) is 0 Å². The average molecular weight is 229 g/mol. The van der Waals surface area contributed by atoms with Crippen LogP contribution in [0.25, 0.3) is 0 Å². The minimum absolute atomic E-state index is 0.0948. The fourth-order valence-electron chi connectivity index (χ4n) is 1.90. The third-order valence-corrected chi connectivity index (χ3v) is 2.48. The van der Waals surface area contributed by atoms with E-state index < -0.39 is 0 Å². The van der Waals surface area contributed by atoms with Gasteiger partial charge in [0.2, 0.25) is 5.91 Å². The third kappa shape index (κ3) is 5.44. The molecule has 5 nitrogen and oxygen atoms in total. The summed E-state index contributed by atoms with van der Waals surface area (Å²) >= 11 is 0. The Kier molecular flexibility index (Phi) is 5.73. The molecule has 0 aromatic heterocycles. The lowest BCUT2D eigenvalue weighted by molar-refractivity contribution is -0.122. The second-order valence-corrected chi connectivity index (χ2v) is 4.66. The molecule has 1 amide bonds. The van der Waals surface area contributed by atoms with Gasteiger partial charge in [-0.3, -0.25) is 4.79 Å². The van der Waals surface area contributed by atoms with Gasteiger partial charge >= 0.3 is 0 Å². The highest BCUT2D eigenvalue weighted by molar-refractivity contribution is 5.76. The second kappa shape index (κ2) is 6.83. The summed E-state index contributed by atoms with van der Waals surface area (Å²) in [6.07, 6.45) is 0.498. The van der Waals surface area contributed by atoms with Gasteiger partial charge in [-0.25, -0.2) is 0 Å². The maximum absolute atomic E-state index is 11.7. The number of hydrogen-bond donors (Lipinski definition) is 2. The molecule has 0 spiro atoms. The molecule has 0 saturated carbocycles. The van der Waals surface area contributed by atoms with E-state index in [0.29, 0.717) is 13.0 Å². The molecule has 0 aromatic rings. The Labute approximate surface area is 97.5 Å². The van der Waals surface area contributed by atoms with Crippen molar-refractivity contribution < 1.29 is 9.53 Å². The number of ether oxygens (including phenoxy) is 1. The highest BCUT2D eigenvalue weighted by atomic mass is 16.5. The molecule has 1 saturated heterocycles. The Balaban J connectivity index is 2.18. The Morgan fingerprint density at radius 2 is 2.38 bits per heavy atom. The normalized spacial score (nSPS) is 23.1. The number of morpholine rings is 1. The maximum Gasteiger partial charge on any atom is 0.221 e. The number of carbonyl (C=O) groups is 1. The molecule has 0 radical (unpaired) electrons. The van der Waals surface area contributed by atoms with Gasteiger partial charge in [0, 0.05) is 31.6 Å². The van der Waals surface area contributed by atoms with Gasteiger partial charge in [0.05, 0.1) is 13.2 Å². The smallest absolute Gasteiger partial charge is 0.221 e. The second-order valence-electron chi connectivity index (χ2n) is 4.66. The molecule has 94 valence electrons. The van der Waals surface area contributed by atoms with Crippen LogP contribution in [0.15, 0.2) is 0 Å². The Morgan fingerprint density at radius 1 is 1.62 bits per heavy atom. The lowest BCUT2D eigenvalue weighted by Gasteiger charge is -2.24. The minimum atomic E-state index is 0.0948. The van der Waals surface area contributed by atoms with Crippen LogP contribution in [-0.2, 0) is 9.53 Å². The summed E-state index contributed by atoms with van der Waals surface area (Å²) in [5.74, 6) is 0.0948. The van der Waals surface area contributed by atoms with Crippen LogP contribution in [0.3, 0.4) is 0 Å². The van der Waals surface area contributed by atoms with Crippen molar-refractivity contribution >= 4 is 5.91 Å². The van der Waals surface area contributed by atoms with Gasteiger partial charge in [0.25, 0.3) is 0 Å². The van der Waals surface area contributed by atoms with E-state index in [9.17, 15) is 4.79 Å². The zero-order chi connectivity index (χ0) is 12.0. The molecule has 0 aromatic carbocycles. The van der Waals surface area contributed by atoms with Gasteiger partial charge in [-0.05, 0) is 21.0 Å². The van der Waals surface area contributed by atoms with Crippen molar-refractivity contribution in [1.29, 1.82) is 0 Å². The average Bonchev–Trinajstić information content (AvgIpc) is 2.17. The van der Waals surface area contributed by atoms with E-state index in [1.54, 1.807) is 0 Å². The zero-order valence-electron chi connectivity index (χ0n) is 10.5. The Bertz CT molecular complexity index is 215. The number of nitrogens with one attached hydrogen (secondary N) is 2. The SMILES string of the molecule is CC(CN(C)C)NC(=O)CC1COCCN1. The summed E-state index contributed by atoms with van der Waals surface area (Å²) in [6, 6.07) is 0.354. The topological polar surface area (TPSA) is 53.6 Å². The summed E-state index contributed by atoms with van der Waals surface area (Å²) in [6.45, 7) is 5.10.